The van der Waals surface area contributed by atoms with Gasteiger partial charge < -0.3 is 5.11 Å². The fraction of sp³-hybridized carbons (Fsp3) is 0.727. The number of carbonyl (C=O) groups is 1. The van der Waals surface area contributed by atoms with Crippen LogP contribution in [0.5, 0.6) is 0 Å². The van der Waals surface area contributed by atoms with Crippen LogP contribution >= 0.6 is 0 Å². The van der Waals surface area contributed by atoms with Crippen LogP contribution in [-0.4, -0.2) is 11.1 Å². The molecule has 0 aromatic carbocycles. The highest BCUT2D eigenvalue weighted by molar-refractivity contribution is 5.74. The zero-order chi connectivity index (χ0) is 9.90. The molecule has 0 aliphatic heterocycles. The van der Waals surface area contributed by atoms with Gasteiger partial charge in [0, 0.05) is 0 Å². The molecule has 0 aromatic rings. The van der Waals surface area contributed by atoms with E-state index in [0.717, 1.165) is 32.1 Å². The Morgan fingerprint density at radius 2 is 2.46 bits per heavy atom. The van der Waals surface area contributed by atoms with Gasteiger partial charge >= 0.3 is 5.97 Å². The number of rotatable bonds is 6. The number of hydrogen-bond donors (Lipinski definition) is 1. The van der Waals surface area contributed by atoms with Gasteiger partial charge in [0.1, 0.15) is 0 Å². The third-order valence-corrected chi connectivity index (χ3v) is 3.07. The molecule has 1 aliphatic carbocycles. The van der Waals surface area contributed by atoms with E-state index in [0.29, 0.717) is 0 Å². The van der Waals surface area contributed by atoms with Gasteiger partial charge in [-0.05, 0) is 24.7 Å². The third kappa shape index (κ3) is 2.11. The van der Waals surface area contributed by atoms with Gasteiger partial charge in [-0.2, -0.15) is 0 Å². The van der Waals surface area contributed by atoms with E-state index in [1.54, 1.807) is 0 Å². The van der Waals surface area contributed by atoms with E-state index < -0.39 is 5.97 Å². The number of carboxylic acids is 1. The maximum atomic E-state index is 10.8. The lowest BCUT2D eigenvalue weighted by atomic mass is 9.92. The van der Waals surface area contributed by atoms with E-state index in [2.05, 4.69) is 13.5 Å². The van der Waals surface area contributed by atoms with Gasteiger partial charge in [-0.1, -0.05) is 25.8 Å². The van der Waals surface area contributed by atoms with Crippen LogP contribution in [0.3, 0.4) is 0 Å². The van der Waals surface area contributed by atoms with Crippen LogP contribution in [0.4, 0.5) is 0 Å². The van der Waals surface area contributed by atoms with Crippen LogP contribution in [0.15, 0.2) is 12.7 Å². The second-order valence-electron chi connectivity index (χ2n) is 4.05. The molecule has 0 amide bonds. The van der Waals surface area contributed by atoms with E-state index in [9.17, 15) is 4.79 Å². The van der Waals surface area contributed by atoms with E-state index >= 15 is 0 Å². The Bertz CT molecular complexity index is 210. The van der Waals surface area contributed by atoms with Crippen LogP contribution in [0.1, 0.15) is 39.0 Å². The van der Waals surface area contributed by atoms with Crippen molar-refractivity contribution in [2.24, 2.45) is 11.3 Å². The van der Waals surface area contributed by atoms with Crippen LogP contribution in [0.25, 0.3) is 0 Å². The van der Waals surface area contributed by atoms with E-state index in [1.165, 1.54) is 0 Å². The van der Waals surface area contributed by atoms with Crippen LogP contribution in [0.2, 0.25) is 0 Å². The molecule has 1 saturated carbocycles. The van der Waals surface area contributed by atoms with Crippen molar-refractivity contribution in [1.82, 2.24) is 0 Å². The lowest BCUT2D eigenvalue weighted by molar-refractivity contribution is -0.139. The maximum Gasteiger partial charge on any atom is 0.307 e. The molecule has 1 aliphatic rings. The average molecular weight is 182 g/mol. The molecule has 13 heavy (non-hydrogen) atoms. The molecular weight excluding hydrogens is 164 g/mol. The SMILES string of the molecule is C=CC[C@@]1(CCCC)C[C@@H]1C(=O)O. The first-order valence-corrected chi connectivity index (χ1v) is 5.00. The summed E-state index contributed by atoms with van der Waals surface area (Å²) in [7, 11) is 0. The average Bonchev–Trinajstić information content (AvgIpc) is 2.78. The van der Waals surface area contributed by atoms with E-state index in [-0.39, 0.29) is 11.3 Å². The Morgan fingerprint density at radius 3 is 2.85 bits per heavy atom. The Balaban J connectivity index is 2.49. The van der Waals surface area contributed by atoms with Crippen molar-refractivity contribution in [2.45, 2.75) is 39.0 Å². The first kappa shape index (κ1) is 10.3. The summed E-state index contributed by atoms with van der Waals surface area (Å²) < 4.78 is 0. The molecule has 2 nitrogen and oxygen atoms in total. The molecule has 0 saturated heterocycles. The summed E-state index contributed by atoms with van der Waals surface area (Å²) in [5, 5.41) is 8.88. The van der Waals surface area contributed by atoms with Crippen LogP contribution in [-0.2, 0) is 4.79 Å². The molecule has 1 rings (SSSR count). The summed E-state index contributed by atoms with van der Waals surface area (Å²) in [6.45, 7) is 5.83. The smallest absolute Gasteiger partial charge is 0.307 e. The van der Waals surface area contributed by atoms with E-state index in [1.807, 2.05) is 6.08 Å². The molecule has 0 radical (unpaired) electrons. The number of allylic oxidation sites excluding steroid dienone is 1. The monoisotopic (exact) mass is 182 g/mol. The maximum absolute atomic E-state index is 10.8. The molecule has 2 atom stereocenters. The highest BCUT2D eigenvalue weighted by atomic mass is 16.4. The van der Waals surface area contributed by atoms with Crippen molar-refractivity contribution < 1.29 is 9.90 Å². The van der Waals surface area contributed by atoms with Crippen molar-refractivity contribution in [2.75, 3.05) is 0 Å². The molecule has 0 unspecified atom stereocenters. The summed E-state index contributed by atoms with van der Waals surface area (Å²) in [4.78, 5) is 10.8. The Kier molecular flexibility index (Phi) is 3.12. The first-order valence-electron chi connectivity index (χ1n) is 5.00. The summed E-state index contributed by atoms with van der Waals surface area (Å²) in [5.41, 5.74) is 0.0730. The van der Waals surface area contributed by atoms with Gasteiger partial charge in [-0.15, -0.1) is 6.58 Å². The normalized spacial score (nSPS) is 31.3. The fourth-order valence-electron chi connectivity index (χ4n) is 2.12. The van der Waals surface area contributed by atoms with Crippen molar-refractivity contribution in [1.29, 1.82) is 0 Å². The second kappa shape index (κ2) is 3.95. The Hall–Kier alpha value is -0.790. The van der Waals surface area contributed by atoms with Gasteiger partial charge in [0.2, 0.25) is 0 Å². The predicted octanol–water partition coefficient (Wildman–Crippen LogP) is 2.84. The van der Waals surface area contributed by atoms with Crippen molar-refractivity contribution in [3.05, 3.63) is 12.7 Å². The number of aliphatic carboxylic acids is 1. The lowest BCUT2D eigenvalue weighted by Gasteiger charge is -2.12. The molecule has 0 aromatic heterocycles. The van der Waals surface area contributed by atoms with Gasteiger partial charge in [0.15, 0.2) is 0 Å². The molecule has 0 bridgehead atoms. The topological polar surface area (TPSA) is 37.3 Å². The van der Waals surface area contributed by atoms with Crippen molar-refractivity contribution >= 4 is 5.97 Å². The minimum atomic E-state index is -0.627. The van der Waals surface area contributed by atoms with E-state index in [4.69, 9.17) is 5.11 Å². The van der Waals surface area contributed by atoms with Crippen LogP contribution < -0.4 is 0 Å². The number of unbranched alkanes of at least 4 members (excludes halogenated alkanes) is 1. The molecule has 74 valence electrons. The Morgan fingerprint density at radius 1 is 1.77 bits per heavy atom. The molecule has 0 heterocycles. The number of carboxylic acid groups (broad SMARTS) is 1. The van der Waals surface area contributed by atoms with Gasteiger partial charge in [-0.25, -0.2) is 0 Å². The van der Waals surface area contributed by atoms with Crippen LogP contribution in [0, 0.1) is 11.3 Å². The summed E-state index contributed by atoms with van der Waals surface area (Å²) in [5.74, 6) is -0.727. The molecular formula is C11H18O2. The zero-order valence-electron chi connectivity index (χ0n) is 8.25. The standard InChI is InChI=1S/C11H18O2/c1-3-5-7-11(6-4-2)8-9(11)10(12)13/h4,9H,2-3,5-8H2,1H3,(H,12,13)/t9-,11-/m1/s1. The summed E-state index contributed by atoms with van der Waals surface area (Å²) in [6, 6.07) is 0. The quantitative estimate of drug-likeness (QED) is 0.641. The van der Waals surface area contributed by atoms with Gasteiger partial charge in [-0.3, -0.25) is 4.79 Å². The van der Waals surface area contributed by atoms with Crippen molar-refractivity contribution in [3.63, 3.8) is 0 Å². The lowest BCUT2D eigenvalue weighted by Crippen LogP contribution is -2.09. The molecule has 0 spiro atoms. The zero-order valence-corrected chi connectivity index (χ0v) is 8.25. The minimum absolute atomic E-state index is 0.0730. The predicted molar refractivity (Wildman–Crippen MR) is 52.5 cm³/mol. The third-order valence-electron chi connectivity index (χ3n) is 3.07. The first-order chi connectivity index (χ1) is 6.16. The van der Waals surface area contributed by atoms with Crippen molar-refractivity contribution in [3.8, 4) is 0 Å². The highest BCUT2D eigenvalue weighted by Crippen LogP contribution is 2.58. The fourth-order valence-corrected chi connectivity index (χ4v) is 2.12. The molecule has 2 heteroatoms. The second-order valence-corrected chi connectivity index (χ2v) is 4.05. The number of hydrogen-bond acceptors (Lipinski definition) is 1. The molecule has 1 N–H and O–H groups in total. The molecule has 1 fully saturated rings. The largest absolute Gasteiger partial charge is 0.481 e. The van der Waals surface area contributed by atoms with Gasteiger partial charge in [0.05, 0.1) is 5.92 Å². The minimum Gasteiger partial charge on any atom is -0.481 e. The summed E-state index contributed by atoms with van der Waals surface area (Å²) >= 11 is 0. The van der Waals surface area contributed by atoms with Gasteiger partial charge in [0.25, 0.3) is 0 Å². The Labute approximate surface area is 79.6 Å². The summed E-state index contributed by atoms with van der Waals surface area (Å²) in [6.07, 6.45) is 6.91. The highest BCUT2D eigenvalue weighted by Gasteiger charge is 2.56.